The monoisotopic (exact) mass is 398 g/mol. The molecule has 0 spiro atoms. The van der Waals surface area contributed by atoms with Crippen molar-refractivity contribution in [1.82, 2.24) is 10.2 Å². The normalized spacial score (nSPS) is 10.6. The summed E-state index contributed by atoms with van der Waals surface area (Å²) in [5, 5.41) is 15.2. The summed E-state index contributed by atoms with van der Waals surface area (Å²) in [7, 11) is 0. The van der Waals surface area contributed by atoms with Gasteiger partial charge < -0.3 is 10.6 Å². The third-order valence-corrected chi connectivity index (χ3v) is 6.08. The highest BCUT2D eigenvalue weighted by molar-refractivity contribution is 8.01. The van der Waals surface area contributed by atoms with Crippen LogP contribution in [0.3, 0.4) is 0 Å². The van der Waals surface area contributed by atoms with E-state index >= 15 is 0 Å². The molecular weight excluding hydrogens is 376 g/mol. The molecular formula is C20H22N4OS2. The van der Waals surface area contributed by atoms with Gasteiger partial charge in [-0.3, -0.25) is 4.79 Å². The smallest absolute Gasteiger partial charge is 0.234 e. The Balaban J connectivity index is 1.52. The molecule has 0 aliphatic rings. The summed E-state index contributed by atoms with van der Waals surface area (Å²) < 4.78 is 0.763. The van der Waals surface area contributed by atoms with Crippen molar-refractivity contribution in [3.8, 4) is 0 Å². The molecule has 140 valence electrons. The molecule has 0 atom stereocenters. The van der Waals surface area contributed by atoms with E-state index in [1.807, 2.05) is 24.3 Å². The van der Waals surface area contributed by atoms with Gasteiger partial charge in [0.1, 0.15) is 0 Å². The maximum Gasteiger partial charge on any atom is 0.234 e. The molecule has 0 aliphatic heterocycles. The quantitative estimate of drug-likeness (QED) is 0.536. The van der Waals surface area contributed by atoms with Gasteiger partial charge in [-0.25, -0.2) is 0 Å². The molecule has 1 heterocycles. The summed E-state index contributed by atoms with van der Waals surface area (Å²) in [6.45, 7) is 6.26. The van der Waals surface area contributed by atoms with E-state index in [4.69, 9.17) is 0 Å². The molecule has 0 fully saturated rings. The van der Waals surface area contributed by atoms with Crippen molar-refractivity contribution in [2.75, 3.05) is 16.4 Å². The van der Waals surface area contributed by atoms with Crippen molar-refractivity contribution in [1.29, 1.82) is 0 Å². The maximum atomic E-state index is 12.2. The van der Waals surface area contributed by atoms with Gasteiger partial charge >= 0.3 is 0 Å². The Morgan fingerprint density at radius 3 is 2.70 bits per heavy atom. The van der Waals surface area contributed by atoms with Crippen molar-refractivity contribution in [2.45, 2.75) is 31.5 Å². The number of hydrogen-bond donors (Lipinski definition) is 2. The Morgan fingerprint density at radius 2 is 1.93 bits per heavy atom. The summed E-state index contributed by atoms with van der Waals surface area (Å²) in [6.07, 6.45) is 0.944. The molecule has 2 aromatic carbocycles. The lowest BCUT2D eigenvalue weighted by atomic mass is 10.1. The van der Waals surface area contributed by atoms with Crippen LogP contribution in [-0.4, -0.2) is 21.9 Å². The fourth-order valence-electron chi connectivity index (χ4n) is 2.45. The number of anilines is 3. The minimum Gasteiger partial charge on any atom is -0.330 e. The van der Waals surface area contributed by atoms with E-state index < -0.39 is 0 Å². The number of nitrogens with one attached hydrogen (secondary N) is 2. The summed E-state index contributed by atoms with van der Waals surface area (Å²) in [5.41, 5.74) is 5.49. The van der Waals surface area contributed by atoms with Gasteiger partial charge in [-0.1, -0.05) is 48.2 Å². The molecule has 0 saturated heterocycles. The zero-order valence-corrected chi connectivity index (χ0v) is 17.2. The van der Waals surface area contributed by atoms with Gasteiger partial charge in [0, 0.05) is 11.4 Å². The summed E-state index contributed by atoms with van der Waals surface area (Å²) in [6, 6.07) is 14.1. The average Bonchev–Trinajstić information content (AvgIpc) is 3.10. The van der Waals surface area contributed by atoms with E-state index in [-0.39, 0.29) is 5.91 Å². The highest BCUT2D eigenvalue weighted by Crippen LogP contribution is 2.28. The zero-order chi connectivity index (χ0) is 19.2. The van der Waals surface area contributed by atoms with E-state index in [2.05, 4.69) is 59.8 Å². The van der Waals surface area contributed by atoms with Crippen LogP contribution in [0.5, 0.6) is 0 Å². The molecule has 27 heavy (non-hydrogen) atoms. The second-order valence-corrected chi connectivity index (χ2v) is 8.39. The van der Waals surface area contributed by atoms with Crippen molar-refractivity contribution in [3.05, 3.63) is 59.2 Å². The topological polar surface area (TPSA) is 66.9 Å². The number of aromatic nitrogens is 2. The Labute approximate surface area is 167 Å². The SMILES string of the molecule is CCc1cccc(NC(=O)CSc2nnc(Nc3ccc(C)c(C)c3)s2)c1. The molecule has 5 nitrogen and oxygen atoms in total. The standard InChI is InChI=1S/C20H22N4OS2/c1-4-15-6-5-7-16(11-15)21-18(25)12-26-20-24-23-19(27-20)22-17-9-8-13(2)14(3)10-17/h5-11H,4,12H2,1-3H3,(H,21,25)(H,22,23). The van der Waals surface area contributed by atoms with E-state index in [1.54, 1.807) is 0 Å². The van der Waals surface area contributed by atoms with E-state index in [0.29, 0.717) is 5.75 Å². The Kier molecular flexibility index (Phi) is 6.47. The molecule has 0 saturated carbocycles. The molecule has 0 bridgehead atoms. The number of rotatable bonds is 7. The fraction of sp³-hybridized carbons (Fsp3) is 0.250. The lowest BCUT2D eigenvalue weighted by Gasteiger charge is -2.06. The lowest BCUT2D eigenvalue weighted by Crippen LogP contribution is -2.14. The number of carbonyl (C=O) groups is 1. The summed E-state index contributed by atoms with van der Waals surface area (Å²) in [4.78, 5) is 12.2. The van der Waals surface area contributed by atoms with Gasteiger partial charge in [-0.05, 0) is 61.2 Å². The lowest BCUT2D eigenvalue weighted by molar-refractivity contribution is -0.113. The van der Waals surface area contributed by atoms with Crippen LogP contribution in [0.1, 0.15) is 23.6 Å². The summed E-state index contributed by atoms with van der Waals surface area (Å²) >= 11 is 2.83. The fourth-order valence-corrected chi connectivity index (χ4v) is 4.03. The molecule has 0 radical (unpaired) electrons. The van der Waals surface area contributed by atoms with Crippen molar-refractivity contribution in [2.24, 2.45) is 0 Å². The van der Waals surface area contributed by atoms with Crippen LogP contribution in [0.15, 0.2) is 46.8 Å². The summed E-state index contributed by atoms with van der Waals surface area (Å²) in [5.74, 6) is 0.251. The first-order valence-corrected chi connectivity index (χ1v) is 10.5. The molecule has 0 aliphatic carbocycles. The molecule has 0 unspecified atom stereocenters. The first kappa shape index (κ1) is 19.4. The van der Waals surface area contributed by atoms with Gasteiger partial charge in [-0.15, -0.1) is 10.2 Å². The Bertz CT molecular complexity index is 939. The second kappa shape index (κ2) is 9.01. The first-order chi connectivity index (χ1) is 13.0. The minimum atomic E-state index is -0.0490. The molecule has 7 heteroatoms. The first-order valence-electron chi connectivity index (χ1n) is 8.73. The Hall–Kier alpha value is -2.38. The van der Waals surface area contributed by atoms with Crippen LogP contribution in [0.4, 0.5) is 16.5 Å². The molecule has 1 aromatic heterocycles. The minimum absolute atomic E-state index is 0.0490. The molecule has 2 N–H and O–H groups in total. The van der Waals surface area contributed by atoms with Crippen LogP contribution >= 0.6 is 23.1 Å². The van der Waals surface area contributed by atoms with Gasteiger partial charge in [0.15, 0.2) is 4.34 Å². The van der Waals surface area contributed by atoms with Crippen LogP contribution in [-0.2, 0) is 11.2 Å². The van der Waals surface area contributed by atoms with Gasteiger partial charge in [-0.2, -0.15) is 0 Å². The number of thioether (sulfide) groups is 1. The highest BCUT2D eigenvalue weighted by atomic mass is 32.2. The van der Waals surface area contributed by atoms with E-state index in [0.717, 1.165) is 27.3 Å². The number of amides is 1. The predicted octanol–water partition coefficient (Wildman–Crippen LogP) is 5.19. The number of carbonyl (C=O) groups excluding carboxylic acids is 1. The van der Waals surface area contributed by atoms with Crippen molar-refractivity contribution < 1.29 is 4.79 Å². The molecule has 3 aromatic rings. The van der Waals surface area contributed by atoms with Gasteiger partial charge in [0.2, 0.25) is 11.0 Å². The maximum absolute atomic E-state index is 12.2. The van der Waals surface area contributed by atoms with Crippen LogP contribution in [0.25, 0.3) is 0 Å². The predicted molar refractivity (Wildman–Crippen MR) is 114 cm³/mol. The second-order valence-electron chi connectivity index (χ2n) is 6.19. The number of benzene rings is 2. The highest BCUT2D eigenvalue weighted by Gasteiger charge is 2.09. The number of nitrogens with zero attached hydrogens (tertiary/aromatic N) is 2. The van der Waals surface area contributed by atoms with Gasteiger partial charge in [0.25, 0.3) is 0 Å². The van der Waals surface area contributed by atoms with Gasteiger partial charge in [0.05, 0.1) is 5.75 Å². The van der Waals surface area contributed by atoms with Crippen LogP contribution < -0.4 is 10.6 Å². The van der Waals surface area contributed by atoms with E-state index in [9.17, 15) is 4.79 Å². The van der Waals surface area contributed by atoms with Crippen LogP contribution in [0, 0.1) is 13.8 Å². The zero-order valence-electron chi connectivity index (χ0n) is 15.6. The molecule has 1 amide bonds. The third kappa shape index (κ3) is 5.55. The largest absolute Gasteiger partial charge is 0.330 e. The van der Waals surface area contributed by atoms with E-state index in [1.165, 1.54) is 39.8 Å². The van der Waals surface area contributed by atoms with Crippen LogP contribution in [0.2, 0.25) is 0 Å². The van der Waals surface area contributed by atoms with Crippen molar-refractivity contribution >= 4 is 45.5 Å². The average molecular weight is 399 g/mol. The third-order valence-electron chi connectivity index (χ3n) is 4.11. The number of hydrogen-bond acceptors (Lipinski definition) is 6. The number of aryl methyl sites for hydroxylation is 3. The Morgan fingerprint density at radius 1 is 1.07 bits per heavy atom. The molecule has 3 rings (SSSR count). The van der Waals surface area contributed by atoms with Crippen molar-refractivity contribution in [3.63, 3.8) is 0 Å².